The van der Waals surface area contributed by atoms with Crippen LogP contribution in [0.25, 0.3) is 0 Å². The molecule has 0 saturated heterocycles. The average Bonchev–Trinajstić information content (AvgIpc) is 2.75. The van der Waals surface area contributed by atoms with Crippen LogP contribution in [0.4, 0.5) is 0 Å². The molecule has 0 saturated carbocycles. The number of aliphatic hydroxyl groups is 1. The molecule has 3 heteroatoms. The number of hydrogen-bond acceptors (Lipinski definition) is 2. The van der Waals surface area contributed by atoms with Crippen LogP contribution in [0.3, 0.4) is 0 Å². The van der Waals surface area contributed by atoms with E-state index in [0.717, 1.165) is 18.4 Å². The number of unbranched alkanes of at least 4 members (excludes halogenated alkanes) is 12. The topological polar surface area (TPSA) is 40.5 Å². The minimum atomic E-state index is -0.642. The second-order valence-corrected chi connectivity index (χ2v) is 8.59. The Morgan fingerprint density at radius 3 is 1.76 bits per heavy atom. The Hall–Kier alpha value is -1.35. The van der Waals surface area contributed by atoms with Crippen LogP contribution in [0.15, 0.2) is 30.3 Å². The number of amides is 1. The molecule has 3 nitrogen and oxygen atoms in total. The predicted molar refractivity (Wildman–Crippen MR) is 124 cm³/mol. The second kappa shape index (κ2) is 16.4. The fraction of sp³-hybridized carbons (Fsp3) is 0.731. The molecule has 0 spiro atoms. The van der Waals surface area contributed by atoms with Gasteiger partial charge >= 0.3 is 0 Å². The summed E-state index contributed by atoms with van der Waals surface area (Å²) >= 11 is 0. The van der Waals surface area contributed by atoms with Crippen molar-refractivity contribution >= 4 is 5.91 Å². The largest absolute Gasteiger partial charge is 0.386 e. The number of hydrogen-bond donors (Lipinski definition) is 1. The third-order valence-corrected chi connectivity index (χ3v) is 6.10. The standard InChI is InChI=1S/C26H45NO2/c1-4-5-6-7-8-9-10-11-12-13-14-15-19-22-25(28)27(3)23(2)26(29)24-20-17-16-18-21-24/h16-18,20-21,23,26,29H,4-15,19,22H2,1-3H3. The van der Waals surface area contributed by atoms with Crippen LogP contribution in [0.2, 0.25) is 0 Å². The maximum Gasteiger partial charge on any atom is 0.222 e. The average molecular weight is 404 g/mol. The highest BCUT2D eigenvalue weighted by Gasteiger charge is 2.23. The third kappa shape index (κ3) is 11.4. The Bertz CT molecular complexity index is 517. The Morgan fingerprint density at radius 2 is 1.28 bits per heavy atom. The zero-order valence-electron chi connectivity index (χ0n) is 19.2. The minimum Gasteiger partial charge on any atom is -0.386 e. The van der Waals surface area contributed by atoms with Crippen LogP contribution in [0.5, 0.6) is 0 Å². The summed E-state index contributed by atoms with van der Waals surface area (Å²) in [6.07, 6.45) is 17.0. The van der Waals surface area contributed by atoms with Crippen molar-refractivity contribution in [3.8, 4) is 0 Å². The van der Waals surface area contributed by atoms with E-state index in [4.69, 9.17) is 0 Å². The van der Waals surface area contributed by atoms with Crippen LogP contribution in [-0.2, 0) is 4.79 Å². The Morgan fingerprint density at radius 1 is 0.828 bits per heavy atom. The number of carbonyl (C=O) groups excluding carboxylic acids is 1. The summed E-state index contributed by atoms with van der Waals surface area (Å²) in [5, 5.41) is 10.5. The Labute approximate surface area is 179 Å². The quantitative estimate of drug-likeness (QED) is 0.283. The van der Waals surface area contributed by atoms with Crippen molar-refractivity contribution in [1.82, 2.24) is 4.90 Å². The molecule has 0 radical (unpaired) electrons. The molecular formula is C26H45NO2. The van der Waals surface area contributed by atoms with Crippen molar-refractivity contribution in [3.05, 3.63) is 35.9 Å². The lowest BCUT2D eigenvalue weighted by molar-refractivity contribution is -0.134. The van der Waals surface area contributed by atoms with E-state index in [2.05, 4.69) is 6.92 Å². The van der Waals surface area contributed by atoms with Gasteiger partial charge in [-0.15, -0.1) is 0 Å². The van der Waals surface area contributed by atoms with Gasteiger partial charge in [0.2, 0.25) is 5.91 Å². The lowest BCUT2D eigenvalue weighted by Crippen LogP contribution is -2.38. The molecule has 0 aliphatic carbocycles. The van der Waals surface area contributed by atoms with Gasteiger partial charge in [-0.3, -0.25) is 4.79 Å². The van der Waals surface area contributed by atoms with Crippen LogP contribution in [0, 0.1) is 0 Å². The number of aliphatic hydroxyl groups excluding tert-OH is 1. The van der Waals surface area contributed by atoms with Crippen molar-refractivity contribution < 1.29 is 9.90 Å². The molecule has 0 aliphatic heterocycles. The summed E-state index contributed by atoms with van der Waals surface area (Å²) in [7, 11) is 1.81. The Balaban J connectivity index is 2.03. The van der Waals surface area contributed by atoms with Gasteiger partial charge in [0.05, 0.1) is 12.1 Å². The van der Waals surface area contributed by atoms with E-state index in [1.165, 1.54) is 70.6 Å². The fourth-order valence-corrected chi connectivity index (χ4v) is 3.84. The van der Waals surface area contributed by atoms with E-state index in [9.17, 15) is 9.90 Å². The highest BCUT2D eigenvalue weighted by Crippen LogP contribution is 2.21. The molecule has 0 fully saturated rings. The maximum absolute atomic E-state index is 12.4. The normalized spacial score (nSPS) is 13.2. The van der Waals surface area contributed by atoms with Gasteiger partial charge in [0, 0.05) is 13.5 Å². The first-order valence-electron chi connectivity index (χ1n) is 12.1. The molecule has 1 amide bonds. The number of rotatable bonds is 17. The van der Waals surface area contributed by atoms with E-state index in [1.54, 1.807) is 11.9 Å². The highest BCUT2D eigenvalue weighted by molar-refractivity contribution is 5.76. The molecule has 1 rings (SSSR count). The zero-order chi connectivity index (χ0) is 21.3. The summed E-state index contributed by atoms with van der Waals surface area (Å²) in [5.41, 5.74) is 0.862. The Kier molecular flexibility index (Phi) is 14.6. The molecule has 29 heavy (non-hydrogen) atoms. The summed E-state index contributed by atoms with van der Waals surface area (Å²) < 4.78 is 0. The molecule has 0 aromatic heterocycles. The summed E-state index contributed by atoms with van der Waals surface area (Å²) in [6.45, 7) is 4.19. The van der Waals surface area contributed by atoms with Gasteiger partial charge < -0.3 is 10.0 Å². The van der Waals surface area contributed by atoms with Crippen molar-refractivity contribution in [3.63, 3.8) is 0 Å². The number of nitrogens with zero attached hydrogens (tertiary/aromatic N) is 1. The van der Waals surface area contributed by atoms with Crippen LogP contribution in [-0.4, -0.2) is 29.0 Å². The minimum absolute atomic E-state index is 0.135. The van der Waals surface area contributed by atoms with Gasteiger partial charge in [0.1, 0.15) is 0 Å². The lowest BCUT2D eigenvalue weighted by atomic mass is 10.0. The van der Waals surface area contributed by atoms with Crippen molar-refractivity contribution in [2.24, 2.45) is 0 Å². The second-order valence-electron chi connectivity index (χ2n) is 8.59. The highest BCUT2D eigenvalue weighted by atomic mass is 16.3. The summed E-state index contributed by atoms with van der Waals surface area (Å²) in [6, 6.07) is 9.37. The summed E-state index contributed by atoms with van der Waals surface area (Å²) in [5.74, 6) is 0.135. The predicted octanol–water partition coefficient (Wildman–Crippen LogP) is 7.05. The summed E-state index contributed by atoms with van der Waals surface area (Å²) in [4.78, 5) is 14.1. The van der Waals surface area contributed by atoms with Crippen molar-refractivity contribution in [2.75, 3.05) is 7.05 Å². The van der Waals surface area contributed by atoms with Gasteiger partial charge in [0.15, 0.2) is 0 Å². The van der Waals surface area contributed by atoms with Gasteiger partial charge in [-0.25, -0.2) is 0 Å². The lowest BCUT2D eigenvalue weighted by Gasteiger charge is -2.29. The van der Waals surface area contributed by atoms with Crippen molar-refractivity contribution in [1.29, 1.82) is 0 Å². The van der Waals surface area contributed by atoms with E-state index < -0.39 is 6.10 Å². The fourth-order valence-electron chi connectivity index (χ4n) is 3.84. The molecule has 1 aromatic rings. The number of likely N-dealkylation sites (N-methyl/N-ethyl adjacent to an activating group) is 1. The van der Waals surface area contributed by atoms with Crippen LogP contribution in [0.1, 0.15) is 115 Å². The first-order valence-corrected chi connectivity index (χ1v) is 12.1. The molecule has 0 heterocycles. The smallest absolute Gasteiger partial charge is 0.222 e. The van der Waals surface area contributed by atoms with Gasteiger partial charge in [0.25, 0.3) is 0 Å². The van der Waals surface area contributed by atoms with Gasteiger partial charge in [-0.1, -0.05) is 114 Å². The molecule has 0 aliphatic rings. The first kappa shape index (κ1) is 25.7. The van der Waals surface area contributed by atoms with Crippen LogP contribution >= 0.6 is 0 Å². The molecular weight excluding hydrogens is 358 g/mol. The molecule has 0 bridgehead atoms. The number of benzene rings is 1. The number of carbonyl (C=O) groups is 1. The molecule has 166 valence electrons. The van der Waals surface area contributed by atoms with E-state index in [1.807, 2.05) is 37.3 Å². The van der Waals surface area contributed by atoms with Gasteiger partial charge in [-0.05, 0) is 18.9 Å². The van der Waals surface area contributed by atoms with Crippen LogP contribution < -0.4 is 0 Å². The SMILES string of the molecule is CCCCCCCCCCCCCCCC(=O)N(C)C(C)C(O)c1ccccc1. The van der Waals surface area contributed by atoms with E-state index >= 15 is 0 Å². The first-order chi connectivity index (χ1) is 14.1. The molecule has 1 N–H and O–H groups in total. The molecule has 2 atom stereocenters. The zero-order valence-corrected chi connectivity index (χ0v) is 19.2. The van der Waals surface area contributed by atoms with E-state index in [0.29, 0.717) is 6.42 Å². The van der Waals surface area contributed by atoms with Gasteiger partial charge in [-0.2, -0.15) is 0 Å². The maximum atomic E-state index is 12.4. The monoisotopic (exact) mass is 403 g/mol. The molecule has 2 unspecified atom stereocenters. The van der Waals surface area contributed by atoms with Crippen molar-refractivity contribution in [2.45, 2.75) is 116 Å². The third-order valence-electron chi connectivity index (χ3n) is 6.10. The molecule has 1 aromatic carbocycles. The van der Waals surface area contributed by atoms with E-state index in [-0.39, 0.29) is 11.9 Å².